The number of sulfonamides is 1. The number of hydrogen-bond acceptors (Lipinski definition) is 8. The Morgan fingerprint density at radius 1 is 1.22 bits per heavy atom. The van der Waals surface area contributed by atoms with Gasteiger partial charge in [-0.2, -0.15) is 9.29 Å². The van der Waals surface area contributed by atoms with Crippen LogP contribution in [0.5, 0.6) is 0 Å². The summed E-state index contributed by atoms with van der Waals surface area (Å²) in [7, 11) is -1.50. The Morgan fingerprint density at radius 2 is 1.97 bits per heavy atom. The van der Waals surface area contributed by atoms with E-state index in [9.17, 15) is 13.2 Å². The predicted octanol–water partition coefficient (Wildman–Crippen LogP) is 2.36. The fraction of sp³-hybridized carbons (Fsp3) is 0.667. The van der Waals surface area contributed by atoms with Gasteiger partial charge in [-0.25, -0.2) is 8.42 Å². The molecule has 3 heterocycles. The molecule has 0 N–H and O–H groups in total. The van der Waals surface area contributed by atoms with E-state index in [-0.39, 0.29) is 5.91 Å². The first-order valence-electron chi connectivity index (χ1n) is 11.3. The summed E-state index contributed by atoms with van der Waals surface area (Å²) in [4.78, 5) is 21.0. The van der Waals surface area contributed by atoms with Gasteiger partial charge in [-0.05, 0) is 24.3 Å². The van der Waals surface area contributed by atoms with Crippen molar-refractivity contribution in [2.24, 2.45) is 0 Å². The highest BCUT2D eigenvalue weighted by Gasteiger charge is 2.29. The van der Waals surface area contributed by atoms with E-state index in [1.807, 2.05) is 11.9 Å². The van der Waals surface area contributed by atoms with Gasteiger partial charge in [0, 0.05) is 52.1 Å². The Bertz CT molecular complexity index is 978. The number of nitrogens with zero attached hydrogens (tertiary/aromatic N) is 5. The molecule has 0 bridgehead atoms. The average Bonchev–Trinajstić information content (AvgIpc) is 3.51. The van der Waals surface area contributed by atoms with Crippen LogP contribution in [-0.4, -0.2) is 77.8 Å². The van der Waals surface area contributed by atoms with Crippen LogP contribution in [0.3, 0.4) is 0 Å². The third kappa shape index (κ3) is 5.56. The number of rotatable bonds is 8. The predicted molar refractivity (Wildman–Crippen MR) is 121 cm³/mol. The van der Waals surface area contributed by atoms with E-state index in [0.29, 0.717) is 67.5 Å². The van der Waals surface area contributed by atoms with Gasteiger partial charge in [0.05, 0.1) is 6.54 Å². The summed E-state index contributed by atoms with van der Waals surface area (Å²) in [6, 6.07) is 3.76. The zero-order valence-electron chi connectivity index (χ0n) is 18.5. The van der Waals surface area contributed by atoms with Gasteiger partial charge in [0.15, 0.2) is 5.82 Å². The minimum Gasteiger partial charge on any atom is -0.343 e. The molecule has 1 aliphatic heterocycles. The molecule has 4 rings (SSSR count). The molecule has 2 aromatic heterocycles. The summed E-state index contributed by atoms with van der Waals surface area (Å²) in [5, 5.41) is 5.82. The highest BCUT2D eigenvalue weighted by molar-refractivity contribution is 7.91. The Hall–Kier alpha value is -1.82. The van der Waals surface area contributed by atoms with E-state index in [0.717, 1.165) is 12.8 Å². The molecule has 2 fully saturated rings. The van der Waals surface area contributed by atoms with E-state index in [4.69, 9.17) is 4.52 Å². The molecule has 0 atom stereocenters. The first-order valence-corrected chi connectivity index (χ1v) is 13.6. The highest BCUT2D eigenvalue weighted by Crippen LogP contribution is 2.23. The molecule has 9 nitrogen and oxygen atoms in total. The van der Waals surface area contributed by atoms with Crippen molar-refractivity contribution in [1.82, 2.24) is 24.2 Å². The van der Waals surface area contributed by atoms with Crippen LogP contribution >= 0.6 is 11.3 Å². The second-order valence-electron chi connectivity index (χ2n) is 8.51. The third-order valence-electron chi connectivity index (χ3n) is 6.36. The Morgan fingerprint density at radius 3 is 2.66 bits per heavy atom. The van der Waals surface area contributed by atoms with Crippen molar-refractivity contribution in [1.29, 1.82) is 0 Å². The Kier molecular flexibility index (Phi) is 7.59. The maximum absolute atomic E-state index is 12.6. The van der Waals surface area contributed by atoms with E-state index in [2.05, 4.69) is 15.0 Å². The fourth-order valence-electron chi connectivity index (χ4n) is 4.38. The van der Waals surface area contributed by atoms with Crippen molar-refractivity contribution in [3.63, 3.8) is 0 Å². The summed E-state index contributed by atoms with van der Waals surface area (Å²) < 4.78 is 32.5. The zero-order valence-corrected chi connectivity index (χ0v) is 20.1. The molecular formula is C21H31N5O4S2. The van der Waals surface area contributed by atoms with Gasteiger partial charge < -0.3 is 9.42 Å². The molecule has 11 heteroatoms. The maximum atomic E-state index is 12.6. The smallest absolute Gasteiger partial charge is 0.252 e. The van der Waals surface area contributed by atoms with E-state index >= 15 is 0 Å². The number of aryl methyl sites for hydroxylation is 1. The van der Waals surface area contributed by atoms with Crippen molar-refractivity contribution in [3.05, 3.63) is 29.2 Å². The molecule has 0 spiro atoms. The van der Waals surface area contributed by atoms with Crippen molar-refractivity contribution >= 4 is 27.3 Å². The van der Waals surface area contributed by atoms with Gasteiger partial charge in [0.25, 0.3) is 10.0 Å². The first-order chi connectivity index (χ1) is 15.4. The number of amides is 1. The molecule has 2 aliphatic rings. The lowest BCUT2D eigenvalue weighted by Gasteiger charge is -2.32. The van der Waals surface area contributed by atoms with E-state index < -0.39 is 10.0 Å². The summed E-state index contributed by atoms with van der Waals surface area (Å²) in [5.41, 5.74) is 0. The van der Waals surface area contributed by atoms with Crippen molar-refractivity contribution in [2.45, 2.75) is 61.7 Å². The third-order valence-corrected chi connectivity index (χ3v) is 9.64. The Balaban J connectivity index is 1.22. The molecule has 1 amide bonds. The first kappa shape index (κ1) is 23.3. The van der Waals surface area contributed by atoms with Gasteiger partial charge in [-0.15, -0.1) is 11.3 Å². The lowest BCUT2D eigenvalue weighted by Crippen LogP contribution is -2.48. The SMILES string of the molecule is CN(C(=O)CCc1nc(CN2CCN(S(=O)(=O)c3cccs3)CC2)no1)C1CCCCC1. The minimum atomic E-state index is -3.40. The highest BCUT2D eigenvalue weighted by atomic mass is 32.2. The van der Waals surface area contributed by atoms with Gasteiger partial charge in [-0.1, -0.05) is 30.5 Å². The van der Waals surface area contributed by atoms with Crippen LogP contribution in [0.4, 0.5) is 0 Å². The van der Waals surface area contributed by atoms with E-state index in [1.54, 1.807) is 17.5 Å². The molecule has 2 aromatic rings. The molecule has 1 saturated heterocycles. The number of piperazine rings is 1. The molecule has 1 aliphatic carbocycles. The minimum absolute atomic E-state index is 0.125. The monoisotopic (exact) mass is 481 g/mol. The molecule has 1 saturated carbocycles. The quantitative estimate of drug-likeness (QED) is 0.571. The lowest BCUT2D eigenvalue weighted by atomic mass is 9.94. The van der Waals surface area contributed by atoms with Gasteiger partial charge >= 0.3 is 0 Å². The fourth-order valence-corrected chi connectivity index (χ4v) is 6.95. The van der Waals surface area contributed by atoms with E-state index in [1.165, 1.54) is 34.9 Å². The van der Waals surface area contributed by atoms with Crippen LogP contribution in [0.2, 0.25) is 0 Å². The lowest BCUT2D eigenvalue weighted by molar-refractivity contribution is -0.132. The summed E-state index contributed by atoms with van der Waals surface area (Å²) in [6.45, 7) is 2.60. The summed E-state index contributed by atoms with van der Waals surface area (Å²) >= 11 is 1.24. The van der Waals surface area contributed by atoms with Crippen molar-refractivity contribution < 1.29 is 17.7 Å². The van der Waals surface area contributed by atoms with Crippen LogP contribution in [0.15, 0.2) is 26.2 Å². The number of aromatic nitrogens is 2. The second-order valence-corrected chi connectivity index (χ2v) is 11.6. The maximum Gasteiger partial charge on any atom is 0.252 e. The van der Waals surface area contributed by atoms with Crippen molar-refractivity contribution in [2.75, 3.05) is 33.2 Å². The molecule has 0 radical (unpaired) electrons. The Labute approximate surface area is 193 Å². The van der Waals surface area contributed by atoms with Gasteiger partial charge in [0.2, 0.25) is 11.8 Å². The van der Waals surface area contributed by atoms with Crippen LogP contribution in [0, 0.1) is 0 Å². The molecule has 0 aromatic carbocycles. The normalized spacial score (nSPS) is 19.3. The summed E-state index contributed by atoms with van der Waals surface area (Å²) in [5.74, 6) is 1.17. The van der Waals surface area contributed by atoms with Gasteiger partial charge in [0.1, 0.15) is 4.21 Å². The second kappa shape index (κ2) is 10.4. The summed E-state index contributed by atoms with van der Waals surface area (Å²) in [6.07, 6.45) is 6.66. The number of carbonyl (C=O) groups excluding carboxylic acids is 1. The standard InChI is InChI=1S/C21H31N5O4S2/c1-24(17-6-3-2-4-7-17)20(27)10-9-19-22-18(23-30-19)16-25-11-13-26(14-12-25)32(28,29)21-8-5-15-31-21/h5,8,15,17H,2-4,6-7,9-14,16H2,1H3. The van der Waals surface area contributed by atoms with Gasteiger partial charge in [-0.3, -0.25) is 9.69 Å². The van der Waals surface area contributed by atoms with Crippen LogP contribution in [0.25, 0.3) is 0 Å². The number of thiophene rings is 1. The van der Waals surface area contributed by atoms with Crippen LogP contribution < -0.4 is 0 Å². The van der Waals surface area contributed by atoms with Crippen LogP contribution in [-0.2, 0) is 27.8 Å². The molecule has 0 unspecified atom stereocenters. The zero-order chi connectivity index (χ0) is 22.6. The number of carbonyl (C=O) groups is 1. The molecule has 32 heavy (non-hydrogen) atoms. The largest absolute Gasteiger partial charge is 0.343 e. The van der Waals surface area contributed by atoms with Crippen LogP contribution in [0.1, 0.15) is 50.2 Å². The van der Waals surface area contributed by atoms with Crippen molar-refractivity contribution in [3.8, 4) is 0 Å². The molecule has 176 valence electrons. The number of hydrogen-bond donors (Lipinski definition) is 0. The molecular weight excluding hydrogens is 450 g/mol. The average molecular weight is 482 g/mol. The topological polar surface area (TPSA) is 99.9 Å².